The minimum Gasteiger partial charge on any atom is -0.456 e. The number of esters is 1. The Labute approximate surface area is 175 Å². The molecule has 1 amide bonds. The summed E-state index contributed by atoms with van der Waals surface area (Å²) in [4.78, 5) is 29.9. The van der Waals surface area contributed by atoms with Gasteiger partial charge in [-0.1, -0.05) is 54.6 Å². The molecule has 0 saturated heterocycles. The maximum absolute atomic E-state index is 12.8. The van der Waals surface area contributed by atoms with Gasteiger partial charge in [-0.25, -0.2) is 0 Å². The first-order valence-corrected chi connectivity index (χ1v) is 10.2. The van der Waals surface area contributed by atoms with Crippen LogP contribution in [0.1, 0.15) is 18.9 Å². The summed E-state index contributed by atoms with van der Waals surface area (Å²) in [6.07, 6.45) is 2.72. The van der Waals surface area contributed by atoms with Crippen molar-refractivity contribution in [3.63, 3.8) is 0 Å². The van der Waals surface area contributed by atoms with Crippen LogP contribution in [0, 0.1) is 0 Å². The first-order valence-electron chi connectivity index (χ1n) is 10.2. The van der Waals surface area contributed by atoms with Gasteiger partial charge in [-0.2, -0.15) is 0 Å². The van der Waals surface area contributed by atoms with Crippen LogP contribution in [-0.4, -0.2) is 30.0 Å². The third-order valence-corrected chi connectivity index (χ3v) is 5.30. The molecule has 0 spiro atoms. The van der Waals surface area contributed by atoms with Crippen molar-refractivity contribution in [1.29, 1.82) is 0 Å². The van der Waals surface area contributed by atoms with Crippen LogP contribution in [0.25, 0.3) is 21.7 Å². The number of carbonyl (C=O) groups excluding carboxylic acids is 2. The Morgan fingerprint density at radius 3 is 2.50 bits per heavy atom. The topological polar surface area (TPSA) is 62.4 Å². The standard InChI is InChI=1S/C25H24N2O3/c1-2-27(23-13-7-9-18-8-3-4-11-21(18)23)24(28)17-30-25(29)15-14-19-16-26-22-12-6-5-10-20(19)22/h3-13,16,26H,2,14-15,17H2,1H3. The zero-order valence-corrected chi connectivity index (χ0v) is 16.9. The van der Waals surface area contributed by atoms with Gasteiger partial charge in [-0.3, -0.25) is 9.59 Å². The van der Waals surface area contributed by atoms with Crippen molar-refractivity contribution in [2.24, 2.45) is 0 Å². The van der Waals surface area contributed by atoms with E-state index in [1.807, 2.05) is 79.9 Å². The Hall–Kier alpha value is -3.60. The van der Waals surface area contributed by atoms with E-state index in [4.69, 9.17) is 4.74 Å². The molecule has 0 aliphatic heterocycles. The predicted molar refractivity (Wildman–Crippen MR) is 120 cm³/mol. The fourth-order valence-electron chi connectivity index (χ4n) is 3.79. The maximum atomic E-state index is 12.8. The summed E-state index contributed by atoms with van der Waals surface area (Å²) < 4.78 is 5.29. The van der Waals surface area contributed by atoms with Gasteiger partial charge < -0.3 is 14.6 Å². The van der Waals surface area contributed by atoms with Gasteiger partial charge in [0.1, 0.15) is 0 Å². The van der Waals surface area contributed by atoms with Crippen LogP contribution in [0.5, 0.6) is 0 Å². The molecule has 0 atom stereocenters. The molecule has 5 heteroatoms. The van der Waals surface area contributed by atoms with E-state index in [1.165, 1.54) is 0 Å². The number of aromatic amines is 1. The number of aromatic nitrogens is 1. The lowest BCUT2D eigenvalue weighted by Gasteiger charge is -2.22. The summed E-state index contributed by atoms with van der Waals surface area (Å²) in [7, 11) is 0. The van der Waals surface area contributed by atoms with E-state index in [1.54, 1.807) is 4.90 Å². The number of amides is 1. The highest BCUT2D eigenvalue weighted by atomic mass is 16.5. The molecule has 0 unspecified atom stereocenters. The van der Waals surface area contributed by atoms with Gasteiger partial charge in [0.15, 0.2) is 6.61 Å². The number of nitrogens with zero attached hydrogens (tertiary/aromatic N) is 1. The predicted octanol–water partition coefficient (Wildman–Crippen LogP) is 4.85. The molecule has 0 radical (unpaired) electrons. The Morgan fingerprint density at radius 1 is 0.933 bits per heavy atom. The molecular weight excluding hydrogens is 376 g/mol. The second-order valence-corrected chi connectivity index (χ2v) is 7.16. The molecular formula is C25H24N2O3. The van der Waals surface area contributed by atoms with Crippen molar-refractivity contribution < 1.29 is 14.3 Å². The average Bonchev–Trinajstić information content (AvgIpc) is 3.20. The number of nitrogens with one attached hydrogen (secondary N) is 1. The van der Waals surface area contributed by atoms with Crippen LogP contribution < -0.4 is 4.90 Å². The highest BCUT2D eigenvalue weighted by Gasteiger charge is 2.18. The molecule has 3 aromatic carbocycles. The molecule has 0 bridgehead atoms. The average molecular weight is 400 g/mol. The van der Waals surface area contributed by atoms with Gasteiger partial charge in [0, 0.05) is 35.5 Å². The molecule has 0 saturated carbocycles. The fraction of sp³-hybridized carbons (Fsp3) is 0.200. The summed E-state index contributed by atoms with van der Waals surface area (Å²) in [6.45, 7) is 2.15. The van der Waals surface area contributed by atoms with Crippen molar-refractivity contribution in [2.45, 2.75) is 19.8 Å². The molecule has 1 N–H and O–H groups in total. The van der Waals surface area contributed by atoms with Gasteiger partial charge in [-0.15, -0.1) is 0 Å². The normalized spacial score (nSPS) is 11.0. The van der Waals surface area contributed by atoms with Crippen LogP contribution in [0.4, 0.5) is 5.69 Å². The van der Waals surface area contributed by atoms with Crippen LogP contribution >= 0.6 is 0 Å². The van der Waals surface area contributed by atoms with E-state index in [0.717, 1.165) is 32.9 Å². The molecule has 0 aliphatic carbocycles. The summed E-state index contributed by atoms with van der Waals surface area (Å²) in [5.74, 6) is -0.600. The summed E-state index contributed by atoms with van der Waals surface area (Å²) >= 11 is 0. The fourth-order valence-corrected chi connectivity index (χ4v) is 3.79. The van der Waals surface area contributed by atoms with E-state index < -0.39 is 0 Å². The number of para-hydroxylation sites is 1. The molecule has 1 aromatic heterocycles. The Kier molecular flexibility index (Phi) is 5.80. The molecule has 4 aromatic rings. The molecule has 30 heavy (non-hydrogen) atoms. The number of H-pyrrole nitrogens is 1. The third-order valence-electron chi connectivity index (χ3n) is 5.30. The van der Waals surface area contributed by atoms with E-state index in [0.29, 0.717) is 13.0 Å². The zero-order chi connectivity index (χ0) is 20.9. The second-order valence-electron chi connectivity index (χ2n) is 7.16. The first-order chi connectivity index (χ1) is 14.7. The van der Waals surface area contributed by atoms with Crippen LogP contribution in [0.3, 0.4) is 0 Å². The van der Waals surface area contributed by atoms with E-state index in [2.05, 4.69) is 4.98 Å². The lowest BCUT2D eigenvalue weighted by molar-refractivity contribution is -0.147. The summed E-state index contributed by atoms with van der Waals surface area (Å²) in [5, 5.41) is 3.17. The Bertz CT molecular complexity index is 1190. The minimum absolute atomic E-state index is 0.228. The molecule has 0 fully saturated rings. The highest BCUT2D eigenvalue weighted by molar-refractivity contribution is 6.04. The quantitative estimate of drug-likeness (QED) is 0.451. The number of carbonyl (C=O) groups is 2. The monoisotopic (exact) mass is 400 g/mol. The smallest absolute Gasteiger partial charge is 0.306 e. The van der Waals surface area contributed by atoms with Gasteiger partial charge in [-0.05, 0) is 36.4 Å². The van der Waals surface area contributed by atoms with Gasteiger partial charge in [0.05, 0.1) is 5.69 Å². The molecule has 152 valence electrons. The Morgan fingerprint density at radius 2 is 1.67 bits per heavy atom. The second kappa shape index (κ2) is 8.82. The van der Waals surface area contributed by atoms with Gasteiger partial charge >= 0.3 is 5.97 Å². The maximum Gasteiger partial charge on any atom is 0.306 e. The highest BCUT2D eigenvalue weighted by Crippen LogP contribution is 2.26. The summed E-state index contributed by atoms with van der Waals surface area (Å²) in [6, 6.07) is 21.8. The molecule has 5 nitrogen and oxygen atoms in total. The van der Waals surface area contributed by atoms with Gasteiger partial charge in [0.2, 0.25) is 0 Å². The van der Waals surface area contributed by atoms with E-state index in [-0.39, 0.29) is 24.9 Å². The number of aryl methyl sites for hydroxylation is 1. The number of rotatable bonds is 7. The first kappa shape index (κ1) is 19.7. The van der Waals surface area contributed by atoms with Crippen molar-refractivity contribution in [1.82, 2.24) is 4.98 Å². The number of benzene rings is 3. The number of ether oxygens (including phenoxy) is 1. The van der Waals surface area contributed by atoms with Crippen molar-refractivity contribution in [3.8, 4) is 0 Å². The Balaban J connectivity index is 1.37. The summed E-state index contributed by atoms with van der Waals surface area (Å²) in [5.41, 5.74) is 2.94. The van der Waals surface area contributed by atoms with E-state index >= 15 is 0 Å². The van der Waals surface area contributed by atoms with Crippen LogP contribution in [0.15, 0.2) is 72.9 Å². The third kappa shape index (κ3) is 4.06. The molecule has 1 heterocycles. The van der Waals surface area contributed by atoms with Crippen molar-refractivity contribution in [2.75, 3.05) is 18.1 Å². The zero-order valence-electron chi connectivity index (χ0n) is 16.9. The van der Waals surface area contributed by atoms with Crippen LogP contribution in [0.2, 0.25) is 0 Å². The SMILES string of the molecule is CCN(C(=O)COC(=O)CCc1c[nH]c2ccccc12)c1cccc2ccccc12. The van der Waals surface area contributed by atoms with Gasteiger partial charge in [0.25, 0.3) is 5.91 Å². The van der Waals surface area contributed by atoms with Crippen molar-refractivity contribution in [3.05, 3.63) is 78.5 Å². The lowest BCUT2D eigenvalue weighted by Crippen LogP contribution is -2.34. The van der Waals surface area contributed by atoms with Crippen molar-refractivity contribution >= 4 is 39.2 Å². The minimum atomic E-state index is -0.373. The van der Waals surface area contributed by atoms with E-state index in [9.17, 15) is 9.59 Å². The lowest BCUT2D eigenvalue weighted by atomic mass is 10.1. The largest absolute Gasteiger partial charge is 0.456 e. The number of fused-ring (bicyclic) bond motifs is 2. The molecule has 0 aliphatic rings. The number of likely N-dealkylation sites (N-methyl/N-ethyl adjacent to an activating group) is 1. The number of hydrogen-bond donors (Lipinski definition) is 1. The number of anilines is 1. The van der Waals surface area contributed by atoms with Crippen LogP contribution in [-0.2, 0) is 20.7 Å². The molecule has 4 rings (SSSR count). The number of hydrogen-bond acceptors (Lipinski definition) is 3.